The minimum Gasteiger partial charge on any atom is -0.289 e. The highest BCUT2D eigenvalue weighted by atomic mass is 32.1. The Kier molecular flexibility index (Phi) is 3.93. The predicted molar refractivity (Wildman–Crippen MR) is 86.7 cm³/mol. The van der Waals surface area contributed by atoms with E-state index in [2.05, 4.69) is 15.1 Å². The average molecular weight is 310 g/mol. The van der Waals surface area contributed by atoms with E-state index in [0.29, 0.717) is 5.56 Å². The zero-order valence-corrected chi connectivity index (χ0v) is 13.0. The molecule has 0 aliphatic heterocycles. The third-order valence-electron chi connectivity index (χ3n) is 3.09. The fraction of sp³-hybridized carbons (Fsp3) is 0.125. The molecule has 0 spiro atoms. The van der Waals surface area contributed by atoms with Crippen LogP contribution in [0.2, 0.25) is 0 Å². The van der Waals surface area contributed by atoms with Gasteiger partial charge in [-0.1, -0.05) is 6.07 Å². The summed E-state index contributed by atoms with van der Waals surface area (Å²) >= 11 is 1.50. The molecule has 3 aromatic rings. The first-order valence-corrected chi connectivity index (χ1v) is 7.61. The number of aryl methyl sites for hydroxylation is 2. The summed E-state index contributed by atoms with van der Waals surface area (Å²) in [6, 6.07) is 5.71. The van der Waals surface area contributed by atoms with Gasteiger partial charge in [0, 0.05) is 24.8 Å². The number of allylic oxidation sites excluding steroid dienone is 1. The van der Waals surface area contributed by atoms with Crippen LogP contribution in [-0.2, 0) is 7.05 Å². The van der Waals surface area contributed by atoms with Gasteiger partial charge in [0.15, 0.2) is 5.78 Å². The SMILES string of the molecule is Cc1nn(C)cc1C(=O)/C=C/c1csc(-c2ccccn2)n1. The molecule has 0 radical (unpaired) electrons. The Morgan fingerprint density at radius 3 is 2.91 bits per heavy atom. The van der Waals surface area contributed by atoms with Crippen molar-refractivity contribution in [1.82, 2.24) is 19.7 Å². The van der Waals surface area contributed by atoms with Gasteiger partial charge in [-0.25, -0.2) is 4.98 Å². The van der Waals surface area contributed by atoms with Crippen LogP contribution < -0.4 is 0 Å². The highest BCUT2D eigenvalue weighted by Gasteiger charge is 2.10. The molecule has 0 atom stereocenters. The van der Waals surface area contributed by atoms with E-state index in [9.17, 15) is 4.79 Å². The normalized spacial score (nSPS) is 11.2. The minimum atomic E-state index is -0.0713. The van der Waals surface area contributed by atoms with Crippen LogP contribution in [0.15, 0.2) is 42.0 Å². The number of hydrogen-bond donors (Lipinski definition) is 0. The molecule has 3 rings (SSSR count). The number of aromatic nitrogens is 4. The Bertz CT molecular complexity index is 833. The molecule has 22 heavy (non-hydrogen) atoms. The Hall–Kier alpha value is -2.60. The lowest BCUT2D eigenvalue weighted by Gasteiger charge is -1.92. The van der Waals surface area contributed by atoms with Gasteiger partial charge in [-0.15, -0.1) is 11.3 Å². The van der Waals surface area contributed by atoms with Crippen molar-refractivity contribution in [3.05, 3.63) is 59.0 Å². The summed E-state index contributed by atoms with van der Waals surface area (Å²) in [5.41, 5.74) is 2.92. The van der Waals surface area contributed by atoms with Gasteiger partial charge >= 0.3 is 0 Å². The van der Waals surface area contributed by atoms with Crippen LogP contribution in [0.3, 0.4) is 0 Å². The second-order valence-corrected chi connectivity index (χ2v) is 5.65. The molecule has 0 unspecified atom stereocenters. The quantitative estimate of drug-likeness (QED) is 0.548. The second-order valence-electron chi connectivity index (χ2n) is 4.79. The number of nitrogens with zero attached hydrogens (tertiary/aromatic N) is 4. The first-order valence-electron chi connectivity index (χ1n) is 6.73. The Morgan fingerprint density at radius 2 is 2.23 bits per heavy atom. The smallest absolute Gasteiger partial charge is 0.189 e. The molecule has 6 heteroatoms. The van der Waals surface area contributed by atoms with Crippen molar-refractivity contribution in [2.24, 2.45) is 7.05 Å². The van der Waals surface area contributed by atoms with Gasteiger partial charge in [0.25, 0.3) is 0 Å². The van der Waals surface area contributed by atoms with Crippen LogP contribution in [0.5, 0.6) is 0 Å². The van der Waals surface area contributed by atoms with Gasteiger partial charge in [-0.05, 0) is 31.2 Å². The molecule has 3 heterocycles. The Balaban J connectivity index is 1.78. The van der Waals surface area contributed by atoms with Crippen molar-refractivity contribution in [3.63, 3.8) is 0 Å². The van der Waals surface area contributed by atoms with Crippen LogP contribution in [-0.4, -0.2) is 25.5 Å². The van der Waals surface area contributed by atoms with E-state index in [1.807, 2.05) is 30.5 Å². The van der Waals surface area contributed by atoms with Crippen molar-refractivity contribution < 1.29 is 4.79 Å². The molecule has 0 amide bonds. The van der Waals surface area contributed by atoms with Crippen LogP contribution in [0.1, 0.15) is 21.7 Å². The summed E-state index contributed by atoms with van der Waals surface area (Å²) in [6.45, 7) is 1.82. The molecule has 0 N–H and O–H groups in total. The van der Waals surface area contributed by atoms with E-state index in [-0.39, 0.29) is 5.78 Å². The summed E-state index contributed by atoms with van der Waals surface area (Å²) in [4.78, 5) is 20.9. The van der Waals surface area contributed by atoms with Crippen molar-refractivity contribution in [3.8, 4) is 10.7 Å². The maximum absolute atomic E-state index is 12.2. The van der Waals surface area contributed by atoms with E-state index < -0.39 is 0 Å². The standard InChI is InChI=1S/C16H14N4OS/c1-11-13(9-20(2)19-11)15(21)7-6-12-10-22-16(18-12)14-5-3-4-8-17-14/h3-10H,1-2H3/b7-6+. The fourth-order valence-electron chi connectivity index (χ4n) is 2.06. The van der Waals surface area contributed by atoms with Gasteiger partial charge < -0.3 is 0 Å². The molecule has 110 valence electrons. The maximum atomic E-state index is 12.2. The third kappa shape index (κ3) is 3.01. The molecule has 0 bridgehead atoms. The second kappa shape index (κ2) is 6.03. The number of pyridine rings is 1. The van der Waals surface area contributed by atoms with Gasteiger partial charge in [0.2, 0.25) is 0 Å². The lowest BCUT2D eigenvalue weighted by Crippen LogP contribution is -1.94. The van der Waals surface area contributed by atoms with Crippen LogP contribution in [0.4, 0.5) is 0 Å². The number of carbonyl (C=O) groups is 1. The molecular formula is C16H14N4OS. The summed E-state index contributed by atoms with van der Waals surface area (Å²) in [6.07, 6.45) is 6.71. The van der Waals surface area contributed by atoms with Gasteiger partial charge in [0.1, 0.15) is 5.01 Å². The van der Waals surface area contributed by atoms with E-state index in [4.69, 9.17) is 0 Å². The van der Waals surface area contributed by atoms with E-state index in [1.54, 1.807) is 30.2 Å². The molecule has 0 fully saturated rings. The zero-order valence-electron chi connectivity index (χ0n) is 12.2. The minimum absolute atomic E-state index is 0.0713. The average Bonchev–Trinajstić information content (AvgIpc) is 3.12. The molecule has 0 aromatic carbocycles. The molecule has 5 nitrogen and oxygen atoms in total. The monoisotopic (exact) mass is 310 g/mol. The molecular weight excluding hydrogens is 296 g/mol. The number of hydrogen-bond acceptors (Lipinski definition) is 5. The number of thiazole rings is 1. The van der Waals surface area contributed by atoms with Gasteiger partial charge in [-0.3, -0.25) is 14.5 Å². The van der Waals surface area contributed by atoms with Crippen molar-refractivity contribution in [2.75, 3.05) is 0 Å². The number of ketones is 1. The Morgan fingerprint density at radius 1 is 1.36 bits per heavy atom. The zero-order chi connectivity index (χ0) is 15.5. The highest BCUT2D eigenvalue weighted by molar-refractivity contribution is 7.13. The van der Waals surface area contributed by atoms with Crippen molar-refractivity contribution in [1.29, 1.82) is 0 Å². The largest absolute Gasteiger partial charge is 0.289 e. The summed E-state index contributed by atoms with van der Waals surface area (Å²) in [7, 11) is 1.80. The van der Waals surface area contributed by atoms with Crippen LogP contribution >= 0.6 is 11.3 Å². The number of rotatable bonds is 4. The first-order chi connectivity index (χ1) is 10.6. The molecule has 0 aliphatic rings. The van der Waals surface area contributed by atoms with Gasteiger partial charge in [-0.2, -0.15) is 5.10 Å². The molecule has 3 aromatic heterocycles. The molecule has 0 saturated carbocycles. The van der Waals surface area contributed by atoms with Crippen LogP contribution in [0.25, 0.3) is 16.8 Å². The molecule has 0 aliphatic carbocycles. The van der Waals surface area contributed by atoms with Crippen molar-refractivity contribution >= 4 is 23.2 Å². The summed E-state index contributed by atoms with van der Waals surface area (Å²) in [5.74, 6) is -0.0713. The number of carbonyl (C=O) groups excluding carboxylic acids is 1. The lowest BCUT2D eigenvalue weighted by molar-refractivity contribution is 0.104. The predicted octanol–water partition coefficient (Wildman–Crippen LogP) is 3.14. The highest BCUT2D eigenvalue weighted by Crippen LogP contribution is 2.22. The summed E-state index contributed by atoms with van der Waals surface area (Å²) < 4.78 is 1.64. The van der Waals surface area contributed by atoms with E-state index >= 15 is 0 Å². The topological polar surface area (TPSA) is 60.7 Å². The van der Waals surface area contributed by atoms with E-state index in [1.165, 1.54) is 17.4 Å². The van der Waals surface area contributed by atoms with E-state index in [0.717, 1.165) is 22.1 Å². The third-order valence-corrected chi connectivity index (χ3v) is 3.97. The lowest BCUT2D eigenvalue weighted by atomic mass is 10.1. The fourth-order valence-corrected chi connectivity index (χ4v) is 2.83. The van der Waals surface area contributed by atoms with Gasteiger partial charge in [0.05, 0.1) is 22.6 Å². The Labute approximate surface area is 132 Å². The summed E-state index contributed by atoms with van der Waals surface area (Å²) in [5, 5.41) is 6.92. The maximum Gasteiger partial charge on any atom is 0.189 e. The molecule has 0 saturated heterocycles. The van der Waals surface area contributed by atoms with Crippen molar-refractivity contribution in [2.45, 2.75) is 6.92 Å². The van der Waals surface area contributed by atoms with Crippen LogP contribution in [0, 0.1) is 6.92 Å². The first kappa shape index (κ1) is 14.3.